The van der Waals surface area contributed by atoms with Crippen molar-refractivity contribution in [3.05, 3.63) is 58.9 Å². The van der Waals surface area contributed by atoms with Gasteiger partial charge >= 0.3 is 5.97 Å². The molecule has 0 aliphatic carbocycles. The standard InChI is InChI=1S/C15H14FNO4S/c1-9-4-6-12(16)8-13(9)17-22(20,21)14-7-11(15(18)19)5-3-10(14)2/h3-8,17H,1-2H3,(H,18,19). The SMILES string of the molecule is Cc1ccc(F)cc1NS(=O)(=O)c1cc(C(=O)O)ccc1C. The number of benzene rings is 2. The van der Waals surface area contributed by atoms with E-state index in [1.54, 1.807) is 13.8 Å². The summed E-state index contributed by atoms with van der Waals surface area (Å²) in [7, 11) is -4.02. The van der Waals surface area contributed by atoms with Gasteiger partial charge in [-0.15, -0.1) is 0 Å². The van der Waals surface area contributed by atoms with E-state index >= 15 is 0 Å². The fourth-order valence-corrected chi connectivity index (χ4v) is 3.32. The highest BCUT2D eigenvalue weighted by Gasteiger charge is 2.20. The van der Waals surface area contributed by atoms with Gasteiger partial charge in [-0.1, -0.05) is 12.1 Å². The van der Waals surface area contributed by atoms with Gasteiger partial charge < -0.3 is 5.11 Å². The molecule has 2 N–H and O–H groups in total. The summed E-state index contributed by atoms with van der Waals surface area (Å²) < 4.78 is 40.4. The normalized spacial score (nSPS) is 11.2. The van der Waals surface area contributed by atoms with Gasteiger partial charge in [0.1, 0.15) is 5.82 Å². The molecule has 0 atom stereocenters. The summed E-state index contributed by atoms with van der Waals surface area (Å²) in [6.07, 6.45) is 0. The fraction of sp³-hybridized carbons (Fsp3) is 0.133. The summed E-state index contributed by atoms with van der Waals surface area (Å²) in [5.74, 6) is -1.79. The molecule has 2 rings (SSSR count). The van der Waals surface area contributed by atoms with Crippen LogP contribution in [0.3, 0.4) is 0 Å². The largest absolute Gasteiger partial charge is 0.478 e. The Hall–Kier alpha value is -2.41. The number of rotatable bonds is 4. The van der Waals surface area contributed by atoms with Crippen molar-refractivity contribution in [3.8, 4) is 0 Å². The second-order valence-corrected chi connectivity index (χ2v) is 6.50. The van der Waals surface area contributed by atoms with E-state index in [1.165, 1.54) is 24.3 Å². The Balaban J connectivity index is 2.49. The lowest BCUT2D eigenvalue weighted by Gasteiger charge is -2.13. The molecule has 0 radical (unpaired) electrons. The Bertz CT molecular complexity index is 847. The monoisotopic (exact) mass is 323 g/mol. The van der Waals surface area contributed by atoms with E-state index in [2.05, 4.69) is 4.72 Å². The van der Waals surface area contributed by atoms with Crippen molar-refractivity contribution in [2.24, 2.45) is 0 Å². The average Bonchev–Trinajstić information content (AvgIpc) is 2.42. The van der Waals surface area contributed by atoms with Gasteiger partial charge in [0, 0.05) is 0 Å². The van der Waals surface area contributed by atoms with Crippen molar-refractivity contribution in [1.82, 2.24) is 0 Å². The molecule has 0 saturated heterocycles. The second kappa shape index (κ2) is 5.76. The Kier molecular flexibility index (Phi) is 4.18. The number of aromatic carboxylic acids is 1. The molecule has 116 valence electrons. The van der Waals surface area contributed by atoms with Crippen LogP contribution in [0.1, 0.15) is 21.5 Å². The van der Waals surface area contributed by atoms with Gasteiger partial charge in [-0.25, -0.2) is 17.6 Å². The Morgan fingerprint density at radius 2 is 1.73 bits per heavy atom. The van der Waals surface area contributed by atoms with Crippen LogP contribution in [0.2, 0.25) is 0 Å². The number of hydrogen-bond donors (Lipinski definition) is 2. The quantitative estimate of drug-likeness (QED) is 0.906. The van der Waals surface area contributed by atoms with Gasteiger partial charge in [-0.05, 0) is 49.2 Å². The van der Waals surface area contributed by atoms with Crippen LogP contribution in [-0.4, -0.2) is 19.5 Å². The predicted octanol–water partition coefficient (Wildman–Crippen LogP) is 2.94. The minimum absolute atomic E-state index is 0.111. The summed E-state index contributed by atoms with van der Waals surface area (Å²) in [6, 6.07) is 7.57. The van der Waals surface area contributed by atoms with Crippen molar-refractivity contribution in [1.29, 1.82) is 0 Å². The van der Waals surface area contributed by atoms with Gasteiger partial charge in [0.15, 0.2) is 0 Å². The molecule has 2 aromatic rings. The zero-order valence-electron chi connectivity index (χ0n) is 11.9. The lowest BCUT2D eigenvalue weighted by atomic mass is 10.1. The molecule has 0 saturated carbocycles. The van der Waals surface area contributed by atoms with E-state index in [0.717, 1.165) is 12.1 Å². The molecule has 2 aromatic carbocycles. The smallest absolute Gasteiger partial charge is 0.335 e. The highest BCUT2D eigenvalue weighted by molar-refractivity contribution is 7.92. The first-order valence-corrected chi connectivity index (χ1v) is 7.82. The molecular formula is C15H14FNO4S. The highest BCUT2D eigenvalue weighted by Crippen LogP contribution is 2.23. The molecule has 22 heavy (non-hydrogen) atoms. The molecule has 5 nitrogen and oxygen atoms in total. The zero-order valence-corrected chi connectivity index (χ0v) is 12.7. The number of aryl methyl sites for hydroxylation is 2. The molecule has 0 heterocycles. The first-order chi connectivity index (χ1) is 10.2. The lowest BCUT2D eigenvalue weighted by molar-refractivity contribution is 0.0696. The third-order valence-corrected chi connectivity index (χ3v) is 4.68. The molecule has 0 spiro atoms. The third kappa shape index (κ3) is 3.25. The number of nitrogens with one attached hydrogen (secondary N) is 1. The Morgan fingerprint density at radius 1 is 1.09 bits per heavy atom. The molecular weight excluding hydrogens is 309 g/mol. The maximum atomic E-state index is 13.3. The van der Waals surface area contributed by atoms with E-state index < -0.39 is 21.8 Å². The van der Waals surface area contributed by atoms with E-state index in [9.17, 15) is 17.6 Å². The van der Waals surface area contributed by atoms with Gasteiger partial charge in [0.2, 0.25) is 0 Å². The molecule has 0 fully saturated rings. The van der Waals surface area contributed by atoms with Crippen LogP contribution in [0, 0.1) is 19.7 Å². The number of sulfonamides is 1. The molecule has 0 bridgehead atoms. The van der Waals surface area contributed by atoms with Gasteiger partial charge in [0.25, 0.3) is 10.0 Å². The second-order valence-electron chi connectivity index (χ2n) is 4.85. The van der Waals surface area contributed by atoms with E-state index in [-0.39, 0.29) is 16.1 Å². The fourth-order valence-electron chi connectivity index (χ4n) is 1.93. The summed E-state index contributed by atoms with van der Waals surface area (Å²) >= 11 is 0. The van der Waals surface area contributed by atoms with Crippen molar-refractivity contribution < 1.29 is 22.7 Å². The third-order valence-electron chi connectivity index (χ3n) is 3.17. The van der Waals surface area contributed by atoms with Crippen LogP contribution in [0.4, 0.5) is 10.1 Å². The highest BCUT2D eigenvalue weighted by atomic mass is 32.2. The molecule has 7 heteroatoms. The van der Waals surface area contributed by atoms with Gasteiger partial charge in [0.05, 0.1) is 16.1 Å². The summed E-state index contributed by atoms with van der Waals surface area (Å²) in [5, 5.41) is 8.97. The van der Waals surface area contributed by atoms with Crippen LogP contribution >= 0.6 is 0 Å². The number of carboxylic acids is 1. The molecule has 0 unspecified atom stereocenters. The number of carboxylic acid groups (broad SMARTS) is 1. The summed E-state index contributed by atoms with van der Waals surface area (Å²) in [6.45, 7) is 3.19. The van der Waals surface area contributed by atoms with E-state index in [1.807, 2.05) is 0 Å². The Morgan fingerprint density at radius 3 is 2.36 bits per heavy atom. The average molecular weight is 323 g/mol. The van der Waals surface area contributed by atoms with Crippen molar-refractivity contribution in [2.45, 2.75) is 18.7 Å². The van der Waals surface area contributed by atoms with Crippen LogP contribution in [0.5, 0.6) is 0 Å². The van der Waals surface area contributed by atoms with Crippen molar-refractivity contribution in [3.63, 3.8) is 0 Å². The predicted molar refractivity (Wildman–Crippen MR) is 80.1 cm³/mol. The van der Waals surface area contributed by atoms with Crippen molar-refractivity contribution >= 4 is 21.7 Å². The van der Waals surface area contributed by atoms with Crippen LogP contribution in [0.25, 0.3) is 0 Å². The van der Waals surface area contributed by atoms with Crippen LogP contribution in [-0.2, 0) is 10.0 Å². The van der Waals surface area contributed by atoms with Gasteiger partial charge in [-0.3, -0.25) is 4.72 Å². The van der Waals surface area contributed by atoms with E-state index in [0.29, 0.717) is 11.1 Å². The molecule has 0 amide bonds. The number of anilines is 1. The summed E-state index contributed by atoms with van der Waals surface area (Å²) in [5.41, 5.74) is 0.922. The van der Waals surface area contributed by atoms with Crippen molar-refractivity contribution in [2.75, 3.05) is 4.72 Å². The molecule has 0 aliphatic rings. The van der Waals surface area contributed by atoms with Gasteiger partial charge in [-0.2, -0.15) is 0 Å². The first kappa shape index (κ1) is 16.0. The summed E-state index contributed by atoms with van der Waals surface area (Å²) in [4.78, 5) is 10.8. The first-order valence-electron chi connectivity index (χ1n) is 6.33. The number of hydrogen-bond acceptors (Lipinski definition) is 3. The lowest BCUT2D eigenvalue weighted by Crippen LogP contribution is -2.16. The maximum Gasteiger partial charge on any atom is 0.335 e. The molecule has 0 aliphatic heterocycles. The zero-order chi connectivity index (χ0) is 16.5. The number of carbonyl (C=O) groups is 1. The van der Waals surface area contributed by atoms with Crippen LogP contribution in [0.15, 0.2) is 41.3 Å². The minimum Gasteiger partial charge on any atom is -0.478 e. The van der Waals surface area contributed by atoms with Crippen LogP contribution < -0.4 is 4.72 Å². The minimum atomic E-state index is -4.02. The van der Waals surface area contributed by atoms with E-state index in [4.69, 9.17) is 5.11 Å². The Labute approximate surface area is 127 Å². The number of halogens is 1. The topological polar surface area (TPSA) is 83.5 Å². The molecule has 0 aromatic heterocycles. The maximum absolute atomic E-state index is 13.3.